The Bertz CT molecular complexity index is 715. The van der Waals surface area contributed by atoms with Crippen LogP contribution in [0, 0.1) is 6.92 Å². The van der Waals surface area contributed by atoms with Crippen molar-refractivity contribution in [1.29, 1.82) is 0 Å². The summed E-state index contributed by atoms with van der Waals surface area (Å²) in [6.45, 7) is 1.99. The molecule has 0 aliphatic heterocycles. The molecule has 6 nitrogen and oxygen atoms in total. The highest BCUT2D eigenvalue weighted by Gasteiger charge is 2.33. The van der Waals surface area contributed by atoms with E-state index in [9.17, 15) is 8.42 Å². The number of aryl methyl sites for hydroxylation is 1. The summed E-state index contributed by atoms with van der Waals surface area (Å²) < 4.78 is 24.7. The fourth-order valence-electron chi connectivity index (χ4n) is 2.03. The molecule has 1 aromatic carbocycles. The van der Waals surface area contributed by atoms with Crippen LogP contribution in [-0.2, 0) is 10.0 Å². The van der Waals surface area contributed by atoms with Crippen molar-refractivity contribution in [3.8, 4) is 11.4 Å². The second-order valence-electron chi connectivity index (χ2n) is 4.82. The maximum absolute atomic E-state index is 11.5. The molecule has 0 spiro atoms. The third-order valence-corrected chi connectivity index (χ3v) is 3.93. The molecule has 2 aromatic rings. The van der Waals surface area contributed by atoms with E-state index in [0.717, 1.165) is 24.0 Å². The van der Waals surface area contributed by atoms with E-state index in [1.54, 1.807) is 4.57 Å². The van der Waals surface area contributed by atoms with Crippen LogP contribution in [0.2, 0.25) is 0 Å². The van der Waals surface area contributed by atoms with Gasteiger partial charge in [0.2, 0.25) is 0 Å². The highest BCUT2D eigenvalue weighted by atomic mass is 32.2. The van der Waals surface area contributed by atoms with Crippen LogP contribution in [0.25, 0.3) is 11.4 Å². The predicted molar refractivity (Wildman–Crippen MR) is 69.8 cm³/mol. The number of aromatic nitrogens is 3. The van der Waals surface area contributed by atoms with Crippen molar-refractivity contribution >= 4 is 10.0 Å². The van der Waals surface area contributed by atoms with Crippen molar-refractivity contribution in [3.05, 3.63) is 29.8 Å². The quantitative estimate of drug-likeness (QED) is 0.914. The smallest absolute Gasteiger partial charge is 0.273 e. The van der Waals surface area contributed by atoms with Crippen LogP contribution >= 0.6 is 0 Å². The minimum atomic E-state index is -3.84. The van der Waals surface area contributed by atoms with Gasteiger partial charge in [0.1, 0.15) is 0 Å². The van der Waals surface area contributed by atoms with Crippen LogP contribution < -0.4 is 5.14 Å². The summed E-state index contributed by atoms with van der Waals surface area (Å²) in [7, 11) is -3.84. The van der Waals surface area contributed by atoms with Gasteiger partial charge in [0, 0.05) is 11.6 Å². The molecule has 0 saturated heterocycles. The molecule has 7 heteroatoms. The molecule has 2 N–H and O–H groups in total. The fourth-order valence-corrected chi connectivity index (χ4v) is 2.70. The lowest BCUT2D eigenvalue weighted by molar-refractivity contribution is 0.567. The van der Waals surface area contributed by atoms with E-state index in [-0.39, 0.29) is 11.2 Å². The molecule has 1 aliphatic rings. The van der Waals surface area contributed by atoms with Crippen molar-refractivity contribution < 1.29 is 8.42 Å². The second-order valence-corrected chi connectivity index (χ2v) is 6.27. The average molecular weight is 278 g/mol. The van der Waals surface area contributed by atoms with Gasteiger partial charge in [-0.2, -0.15) is 0 Å². The van der Waals surface area contributed by atoms with Gasteiger partial charge in [0.25, 0.3) is 15.2 Å². The number of rotatable bonds is 3. The van der Waals surface area contributed by atoms with E-state index in [4.69, 9.17) is 5.14 Å². The van der Waals surface area contributed by atoms with Crippen molar-refractivity contribution in [1.82, 2.24) is 14.8 Å². The Morgan fingerprint density at radius 1 is 1.21 bits per heavy atom. The number of hydrogen-bond acceptors (Lipinski definition) is 4. The number of sulfonamides is 1. The second kappa shape index (κ2) is 4.14. The molecule has 1 fully saturated rings. The molecule has 19 heavy (non-hydrogen) atoms. The SMILES string of the molecule is Cc1ccc(-c2nnc(S(N)(=O)=O)n2C2CC2)cc1. The van der Waals surface area contributed by atoms with E-state index < -0.39 is 10.0 Å². The van der Waals surface area contributed by atoms with Crippen molar-refractivity contribution in [2.24, 2.45) is 5.14 Å². The molecule has 3 rings (SSSR count). The number of hydrogen-bond donors (Lipinski definition) is 1. The summed E-state index contributed by atoms with van der Waals surface area (Å²) in [6, 6.07) is 7.87. The summed E-state index contributed by atoms with van der Waals surface area (Å²) in [6.07, 6.45) is 1.86. The molecular weight excluding hydrogens is 264 g/mol. The van der Waals surface area contributed by atoms with Gasteiger partial charge in [0.05, 0.1) is 0 Å². The largest absolute Gasteiger partial charge is 0.294 e. The van der Waals surface area contributed by atoms with Gasteiger partial charge in [-0.1, -0.05) is 29.8 Å². The first-order valence-corrected chi connectivity index (χ1v) is 7.56. The minimum Gasteiger partial charge on any atom is -0.294 e. The van der Waals surface area contributed by atoms with Gasteiger partial charge >= 0.3 is 0 Å². The number of primary sulfonamides is 1. The van der Waals surface area contributed by atoms with Crippen LogP contribution in [0.3, 0.4) is 0 Å². The van der Waals surface area contributed by atoms with Gasteiger partial charge in [-0.05, 0) is 19.8 Å². The summed E-state index contributed by atoms with van der Waals surface area (Å²) in [5, 5.41) is 12.8. The molecule has 100 valence electrons. The number of benzene rings is 1. The number of nitrogens with zero attached hydrogens (tertiary/aromatic N) is 3. The van der Waals surface area contributed by atoms with E-state index in [1.165, 1.54) is 0 Å². The van der Waals surface area contributed by atoms with Crippen LogP contribution in [0.1, 0.15) is 24.4 Å². The highest BCUT2D eigenvalue weighted by molar-refractivity contribution is 7.89. The summed E-state index contributed by atoms with van der Waals surface area (Å²) >= 11 is 0. The summed E-state index contributed by atoms with van der Waals surface area (Å²) in [5.74, 6) is 0.562. The van der Waals surface area contributed by atoms with E-state index in [1.807, 2.05) is 31.2 Å². The maximum Gasteiger partial charge on any atom is 0.273 e. The van der Waals surface area contributed by atoms with E-state index in [0.29, 0.717) is 5.82 Å². The minimum absolute atomic E-state index is 0.139. The van der Waals surface area contributed by atoms with Gasteiger partial charge < -0.3 is 0 Å². The summed E-state index contributed by atoms with van der Waals surface area (Å²) in [4.78, 5) is 0. The molecule has 0 unspecified atom stereocenters. The number of nitrogens with two attached hydrogens (primary N) is 1. The predicted octanol–water partition coefficient (Wildman–Crippen LogP) is 1.24. The molecule has 0 atom stereocenters. The average Bonchev–Trinajstić information content (AvgIpc) is 3.07. The van der Waals surface area contributed by atoms with Crippen LogP contribution in [-0.4, -0.2) is 23.2 Å². The molecule has 1 heterocycles. The van der Waals surface area contributed by atoms with Crippen LogP contribution in [0.5, 0.6) is 0 Å². The Morgan fingerprint density at radius 3 is 2.37 bits per heavy atom. The zero-order chi connectivity index (χ0) is 13.6. The Labute approximate surface area is 111 Å². The Kier molecular flexibility index (Phi) is 2.68. The zero-order valence-corrected chi connectivity index (χ0v) is 11.3. The lowest BCUT2D eigenvalue weighted by Crippen LogP contribution is -2.18. The molecule has 0 amide bonds. The Balaban J connectivity index is 2.17. The first kappa shape index (κ1) is 12.3. The van der Waals surface area contributed by atoms with Crippen LogP contribution in [0.4, 0.5) is 0 Å². The topological polar surface area (TPSA) is 90.9 Å². The van der Waals surface area contributed by atoms with Crippen molar-refractivity contribution in [3.63, 3.8) is 0 Å². The first-order chi connectivity index (χ1) is 8.97. The summed E-state index contributed by atoms with van der Waals surface area (Å²) in [5.41, 5.74) is 1.98. The van der Waals surface area contributed by atoms with Gasteiger partial charge in [-0.3, -0.25) is 4.57 Å². The molecule has 0 radical (unpaired) electrons. The van der Waals surface area contributed by atoms with Crippen molar-refractivity contribution in [2.75, 3.05) is 0 Å². The van der Waals surface area contributed by atoms with Gasteiger partial charge in [-0.15, -0.1) is 10.2 Å². The van der Waals surface area contributed by atoms with E-state index >= 15 is 0 Å². The van der Waals surface area contributed by atoms with Gasteiger partial charge in [0.15, 0.2) is 5.82 Å². The standard InChI is InChI=1S/C12H14N4O2S/c1-8-2-4-9(5-3-8)11-14-15-12(19(13,17)18)16(11)10-6-7-10/h2-5,10H,6-7H2,1H3,(H2,13,17,18). The molecule has 1 saturated carbocycles. The third-order valence-electron chi connectivity index (χ3n) is 3.14. The highest BCUT2D eigenvalue weighted by Crippen LogP contribution is 2.39. The molecule has 1 aliphatic carbocycles. The molecule has 1 aromatic heterocycles. The van der Waals surface area contributed by atoms with Crippen molar-refractivity contribution in [2.45, 2.75) is 31.0 Å². The van der Waals surface area contributed by atoms with Gasteiger partial charge in [-0.25, -0.2) is 13.6 Å². The van der Waals surface area contributed by atoms with E-state index in [2.05, 4.69) is 10.2 Å². The Morgan fingerprint density at radius 2 is 1.84 bits per heavy atom. The maximum atomic E-state index is 11.5. The monoisotopic (exact) mass is 278 g/mol. The molecule has 0 bridgehead atoms. The lowest BCUT2D eigenvalue weighted by atomic mass is 10.1. The first-order valence-electron chi connectivity index (χ1n) is 6.01. The third kappa shape index (κ3) is 2.26. The van der Waals surface area contributed by atoms with Crippen LogP contribution in [0.15, 0.2) is 29.4 Å². The zero-order valence-electron chi connectivity index (χ0n) is 10.4. The normalized spacial score (nSPS) is 15.7. The Hall–Kier alpha value is -1.73. The fraction of sp³-hybridized carbons (Fsp3) is 0.333. The molecular formula is C12H14N4O2S. The lowest BCUT2D eigenvalue weighted by Gasteiger charge is -2.07.